The minimum Gasteiger partial charge on any atom is -0.315 e. The lowest BCUT2D eigenvalue weighted by molar-refractivity contribution is 0.193. The second kappa shape index (κ2) is 7.96. The van der Waals surface area contributed by atoms with Crippen LogP contribution in [0.2, 0.25) is 0 Å². The quantitative estimate of drug-likeness (QED) is 0.575. The van der Waals surface area contributed by atoms with Crippen LogP contribution in [-0.4, -0.2) is 37.6 Å². The van der Waals surface area contributed by atoms with Gasteiger partial charge in [0.2, 0.25) is 0 Å². The van der Waals surface area contributed by atoms with E-state index in [-0.39, 0.29) is 0 Å². The van der Waals surface area contributed by atoms with Gasteiger partial charge in [0.15, 0.2) is 0 Å². The van der Waals surface area contributed by atoms with Crippen molar-refractivity contribution >= 4 is 0 Å². The van der Waals surface area contributed by atoms with E-state index in [4.69, 9.17) is 0 Å². The van der Waals surface area contributed by atoms with Gasteiger partial charge in [-0.25, -0.2) is 0 Å². The highest BCUT2D eigenvalue weighted by molar-refractivity contribution is 5.05. The Balaban J connectivity index is 1.47. The van der Waals surface area contributed by atoms with Gasteiger partial charge in [-0.05, 0) is 70.5 Å². The van der Waals surface area contributed by atoms with Gasteiger partial charge >= 0.3 is 0 Å². The number of likely N-dealkylation sites (tertiary alicyclic amines) is 1. The van der Waals surface area contributed by atoms with Gasteiger partial charge in [0, 0.05) is 13.1 Å². The fourth-order valence-electron chi connectivity index (χ4n) is 3.03. The molecule has 104 valence electrons. The Kier molecular flexibility index (Phi) is 6.22. The molecule has 1 saturated heterocycles. The molecule has 0 amide bonds. The van der Waals surface area contributed by atoms with Crippen molar-refractivity contribution in [2.45, 2.75) is 51.9 Å². The van der Waals surface area contributed by atoms with Gasteiger partial charge < -0.3 is 10.2 Å². The number of allylic oxidation sites excluding steroid dienone is 1. The maximum absolute atomic E-state index is 3.61. The number of hydrogen-bond acceptors (Lipinski definition) is 2. The molecule has 0 atom stereocenters. The summed E-state index contributed by atoms with van der Waals surface area (Å²) in [5.74, 6) is 0.951. The van der Waals surface area contributed by atoms with E-state index in [0.29, 0.717) is 0 Å². The van der Waals surface area contributed by atoms with Gasteiger partial charge in [0.1, 0.15) is 0 Å². The van der Waals surface area contributed by atoms with E-state index in [2.05, 4.69) is 23.2 Å². The van der Waals surface area contributed by atoms with E-state index in [1.54, 1.807) is 5.57 Å². The van der Waals surface area contributed by atoms with Crippen molar-refractivity contribution in [1.29, 1.82) is 0 Å². The normalized spacial score (nSPS) is 23.1. The molecule has 0 radical (unpaired) electrons. The maximum Gasteiger partial charge on any atom is 0.0107 e. The molecular formula is C16H30N2. The molecule has 1 N–H and O–H groups in total. The fourth-order valence-corrected chi connectivity index (χ4v) is 3.03. The van der Waals surface area contributed by atoms with Gasteiger partial charge in [0.05, 0.1) is 0 Å². The summed E-state index contributed by atoms with van der Waals surface area (Å²) in [6, 6.07) is 0. The van der Waals surface area contributed by atoms with E-state index in [1.165, 1.54) is 77.7 Å². The summed E-state index contributed by atoms with van der Waals surface area (Å²) in [6.07, 6.45) is 12.0. The molecule has 0 spiro atoms. The molecule has 1 heterocycles. The molecule has 0 aromatic rings. The summed E-state index contributed by atoms with van der Waals surface area (Å²) in [4.78, 5) is 2.62. The van der Waals surface area contributed by atoms with E-state index < -0.39 is 0 Å². The Hall–Kier alpha value is -0.340. The molecule has 0 aromatic carbocycles. The smallest absolute Gasteiger partial charge is 0.0107 e. The molecule has 2 rings (SSSR count). The zero-order chi connectivity index (χ0) is 12.6. The Labute approximate surface area is 113 Å². The Morgan fingerprint density at radius 2 is 2.06 bits per heavy atom. The molecule has 0 saturated carbocycles. The van der Waals surface area contributed by atoms with Crippen molar-refractivity contribution < 1.29 is 0 Å². The molecule has 2 aliphatic rings. The van der Waals surface area contributed by atoms with Crippen molar-refractivity contribution in [3.8, 4) is 0 Å². The van der Waals surface area contributed by atoms with E-state index in [1.807, 2.05) is 0 Å². The number of nitrogens with one attached hydrogen (secondary N) is 1. The Bertz CT molecular complexity index is 252. The van der Waals surface area contributed by atoms with Crippen LogP contribution in [0.4, 0.5) is 0 Å². The van der Waals surface area contributed by atoms with Crippen LogP contribution in [0, 0.1) is 5.92 Å². The summed E-state index contributed by atoms with van der Waals surface area (Å²) in [5.41, 5.74) is 1.69. The lowest BCUT2D eigenvalue weighted by Gasteiger charge is -2.30. The molecule has 0 bridgehead atoms. The lowest BCUT2D eigenvalue weighted by Crippen LogP contribution is -2.38. The summed E-state index contributed by atoms with van der Waals surface area (Å²) >= 11 is 0. The van der Waals surface area contributed by atoms with E-state index in [0.717, 1.165) is 5.92 Å². The second-order valence-electron chi connectivity index (χ2n) is 6.13. The summed E-state index contributed by atoms with van der Waals surface area (Å²) < 4.78 is 0. The zero-order valence-electron chi connectivity index (χ0n) is 12.1. The minimum atomic E-state index is 0.951. The Morgan fingerprint density at radius 1 is 1.22 bits per heavy atom. The van der Waals surface area contributed by atoms with Crippen LogP contribution in [0.25, 0.3) is 0 Å². The lowest BCUT2D eigenvalue weighted by atomic mass is 9.97. The SMILES string of the molecule is CC1CCN(CCNCCC2=CCCCC2)CC1. The average Bonchev–Trinajstić information content (AvgIpc) is 2.42. The fraction of sp³-hybridized carbons (Fsp3) is 0.875. The molecule has 2 heteroatoms. The van der Waals surface area contributed by atoms with Crippen molar-refractivity contribution in [2.75, 3.05) is 32.7 Å². The van der Waals surface area contributed by atoms with Crippen LogP contribution >= 0.6 is 0 Å². The summed E-state index contributed by atoms with van der Waals surface area (Å²) in [6.45, 7) is 8.60. The first-order chi connectivity index (χ1) is 8.84. The molecule has 1 fully saturated rings. The topological polar surface area (TPSA) is 15.3 Å². The first-order valence-electron chi connectivity index (χ1n) is 7.95. The highest BCUT2D eigenvalue weighted by Crippen LogP contribution is 2.19. The predicted octanol–water partition coefficient (Wildman–Crippen LogP) is 3.20. The van der Waals surface area contributed by atoms with Gasteiger partial charge in [-0.1, -0.05) is 18.6 Å². The van der Waals surface area contributed by atoms with Crippen molar-refractivity contribution in [3.05, 3.63) is 11.6 Å². The summed E-state index contributed by atoms with van der Waals surface area (Å²) in [5, 5.41) is 3.61. The standard InChI is InChI=1S/C16H30N2/c1-15-8-12-18(13-9-15)14-11-17-10-7-16-5-3-2-4-6-16/h5,15,17H,2-4,6-14H2,1H3. The molecule has 1 aliphatic heterocycles. The largest absolute Gasteiger partial charge is 0.315 e. The third kappa shape index (κ3) is 5.11. The monoisotopic (exact) mass is 250 g/mol. The molecule has 1 aliphatic carbocycles. The van der Waals surface area contributed by atoms with Crippen LogP contribution in [0.15, 0.2) is 11.6 Å². The number of piperidine rings is 1. The third-order valence-corrected chi connectivity index (χ3v) is 4.49. The molecule has 0 aromatic heterocycles. The third-order valence-electron chi connectivity index (χ3n) is 4.49. The average molecular weight is 250 g/mol. The van der Waals surface area contributed by atoms with Crippen LogP contribution in [0.1, 0.15) is 51.9 Å². The van der Waals surface area contributed by atoms with Gasteiger partial charge in [-0.3, -0.25) is 0 Å². The van der Waals surface area contributed by atoms with Crippen molar-refractivity contribution in [3.63, 3.8) is 0 Å². The number of nitrogens with zero attached hydrogens (tertiary/aromatic N) is 1. The first kappa shape index (κ1) is 14.1. The van der Waals surface area contributed by atoms with Gasteiger partial charge in [0.25, 0.3) is 0 Å². The van der Waals surface area contributed by atoms with Crippen LogP contribution in [0.3, 0.4) is 0 Å². The molecule has 18 heavy (non-hydrogen) atoms. The van der Waals surface area contributed by atoms with Crippen LogP contribution < -0.4 is 5.32 Å². The Morgan fingerprint density at radius 3 is 2.78 bits per heavy atom. The highest BCUT2D eigenvalue weighted by atomic mass is 15.1. The van der Waals surface area contributed by atoms with Crippen LogP contribution in [0.5, 0.6) is 0 Å². The van der Waals surface area contributed by atoms with E-state index in [9.17, 15) is 0 Å². The molecule has 2 nitrogen and oxygen atoms in total. The van der Waals surface area contributed by atoms with Crippen molar-refractivity contribution in [2.24, 2.45) is 5.92 Å². The summed E-state index contributed by atoms with van der Waals surface area (Å²) in [7, 11) is 0. The number of hydrogen-bond donors (Lipinski definition) is 1. The number of rotatable bonds is 6. The molecule has 0 unspecified atom stereocenters. The van der Waals surface area contributed by atoms with E-state index >= 15 is 0 Å². The highest BCUT2D eigenvalue weighted by Gasteiger charge is 2.14. The first-order valence-corrected chi connectivity index (χ1v) is 7.95. The van der Waals surface area contributed by atoms with Gasteiger partial charge in [-0.2, -0.15) is 0 Å². The predicted molar refractivity (Wildman–Crippen MR) is 78.9 cm³/mol. The molecular weight excluding hydrogens is 220 g/mol. The second-order valence-corrected chi connectivity index (χ2v) is 6.13. The zero-order valence-corrected chi connectivity index (χ0v) is 12.1. The van der Waals surface area contributed by atoms with Crippen molar-refractivity contribution in [1.82, 2.24) is 10.2 Å². The maximum atomic E-state index is 3.61. The van der Waals surface area contributed by atoms with Crippen LogP contribution in [-0.2, 0) is 0 Å². The van der Waals surface area contributed by atoms with Gasteiger partial charge in [-0.15, -0.1) is 0 Å². The minimum absolute atomic E-state index is 0.951.